The maximum Gasteiger partial charge on any atom is 0.0919 e. The van der Waals surface area contributed by atoms with Crippen molar-refractivity contribution in [1.29, 1.82) is 0 Å². The summed E-state index contributed by atoms with van der Waals surface area (Å²) in [7, 11) is 0. The molecule has 1 spiro atoms. The van der Waals surface area contributed by atoms with Gasteiger partial charge < -0.3 is 4.74 Å². The molecule has 2 aliphatic rings. The Morgan fingerprint density at radius 2 is 1.90 bits per heavy atom. The minimum atomic E-state index is 0.352. The van der Waals surface area contributed by atoms with Gasteiger partial charge in [-0.3, -0.25) is 0 Å². The fourth-order valence-electron chi connectivity index (χ4n) is 1.64. The fraction of sp³-hybridized carbons (Fsp3) is 0.778. The van der Waals surface area contributed by atoms with Crippen LogP contribution in [0, 0.1) is 0 Å². The van der Waals surface area contributed by atoms with Gasteiger partial charge in [-0.05, 0) is 32.1 Å². The lowest BCUT2D eigenvalue weighted by Gasteiger charge is -2.11. The normalized spacial score (nSPS) is 39.2. The monoisotopic (exact) mass is 138 g/mol. The third-order valence-electron chi connectivity index (χ3n) is 2.49. The summed E-state index contributed by atoms with van der Waals surface area (Å²) in [5.41, 5.74) is 0.352. The molecule has 1 atom stereocenters. The largest absolute Gasteiger partial charge is 0.370 e. The van der Waals surface area contributed by atoms with Crippen molar-refractivity contribution < 1.29 is 4.74 Å². The van der Waals surface area contributed by atoms with Gasteiger partial charge in [0.2, 0.25) is 0 Å². The summed E-state index contributed by atoms with van der Waals surface area (Å²) in [6.07, 6.45) is 10.9. The van der Waals surface area contributed by atoms with Crippen LogP contribution in [-0.4, -0.2) is 12.2 Å². The van der Waals surface area contributed by atoms with Crippen LogP contribution >= 0.6 is 0 Å². The molecule has 1 aliphatic carbocycles. The second-order valence-electron chi connectivity index (χ2n) is 3.37. The van der Waals surface area contributed by atoms with E-state index in [4.69, 9.17) is 4.74 Å². The molecule has 0 saturated carbocycles. The van der Waals surface area contributed by atoms with Crippen molar-refractivity contribution in [2.75, 3.05) is 6.61 Å². The maximum absolute atomic E-state index is 5.44. The average Bonchev–Trinajstić information content (AvgIpc) is 2.61. The summed E-state index contributed by atoms with van der Waals surface area (Å²) in [6.45, 7) is 1.03. The molecule has 1 unspecified atom stereocenters. The Balaban J connectivity index is 1.94. The zero-order valence-electron chi connectivity index (χ0n) is 6.31. The molecule has 1 fully saturated rings. The summed E-state index contributed by atoms with van der Waals surface area (Å²) >= 11 is 0. The predicted octanol–water partition coefficient (Wildman–Crippen LogP) is 2.28. The SMILES string of the molecule is C1=CCCC2(CCC1)CO2. The molecule has 0 amide bonds. The first-order valence-electron chi connectivity index (χ1n) is 4.20. The van der Waals surface area contributed by atoms with Crippen molar-refractivity contribution in [3.8, 4) is 0 Å². The number of allylic oxidation sites excluding steroid dienone is 2. The van der Waals surface area contributed by atoms with E-state index in [1.807, 2.05) is 0 Å². The molecule has 0 aromatic heterocycles. The van der Waals surface area contributed by atoms with E-state index in [0.717, 1.165) is 6.61 Å². The Bertz CT molecular complexity index is 145. The van der Waals surface area contributed by atoms with Crippen molar-refractivity contribution in [2.24, 2.45) is 0 Å². The zero-order valence-corrected chi connectivity index (χ0v) is 6.31. The van der Waals surface area contributed by atoms with E-state index in [0.29, 0.717) is 5.60 Å². The highest BCUT2D eigenvalue weighted by Gasteiger charge is 2.42. The highest BCUT2D eigenvalue weighted by atomic mass is 16.6. The van der Waals surface area contributed by atoms with Gasteiger partial charge in [0.25, 0.3) is 0 Å². The lowest BCUT2D eigenvalue weighted by molar-refractivity contribution is 0.269. The predicted molar refractivity (Wildman–Crippen MR) is 40.9 cm³/mol. The van der Waals surface area contributed by atoms with Crippen molar-refractivity contribution in [3.63, 3.8) is 0 Å². The van der Waals surface area contributed by atoms with E-state index in [-0.39, 0.29) is 0 Å². The van der Waals surface area contributed by atoms with Gasteiger partial charge in [-0.1, -0.05) is 12.2 Å². The molecular weight excluding hydrogens is 124 g/mol. The van der Waals surface area contributed by atoms with Gasteiger partial charge in [-0.15, -0.1) is 0 Å². The summed E-state index contributed by atoms with van der Waals surface area (Å²) in [6, 6.07) is 0. The molecule has 0 aromatic rings. The van der Waals surface area contributed by atoms with Gasteiger partial charge in [-0.25, -0.2) is 0 Å². The summed E-state index contributed by atoms with van der Waals surface area (Å²) in [5, 5.41) is 0. The van der Waals surface area contributed by atoms with Crippen molar-refractivity contribution in [2.45, 2.75) is 37.7 Å². The summed E-state index contributed by atoms with van der Waals surface area (Å²) in [4.78, 5) is 0. The lowest BCUT2D eigenvalue weighted by Crippen LogP contribution is -2.10. The number of rotatable bonds is 0. The fourth-order valence-corrected chi connectivity index (χ4v) is 1.64. The van der Waals surface area contributed by atoms with Crippen molar-refractivity contribution in [3.05, 3.63) is 12.2 Å². The average molecular weight is 138 g/mol. The Kier molecular flexibility index (Phi) is 1.53. The Hall–Kier alpha value is -0.300. The van der Waals surface area contributed by atoms with Crippen LogP contribution < -0.4 is 0 Å². The number of epoxide rings is 1. The van der Waals surface area contributed by atoms with Crippen LogP contribution in [0.15, 0.2) is 12.2 Å². The molecule has 1 aliphatic heterocycles. The minimum Gasteiger partial charge on any atom is -0.370 e. The first kappa shape index (κ1) is 6.41. The molecule has 0 N–H and O–H groups in total. The van der Waals surface area contributed by atoms with Crippen LogP contribution in [0.1, 0.15) is 32.1 Å². The minimum absolute atomic E-state index is 0.352. The number of ether oxygens (including phenoxy) is 1. The quantitative estimate of drug-likeness (QED) is 0.369. The zero-order chi connectivity index (χ0) is 6.86. The molecule has 1 saturated heterocycles. The van der Waals surface area contributed by atoms with Gasteiger partial charge in [0.15, 0.2) is 0 Å². The van der Waals surface area contributed by atoms with E-state index in [1.165, 1.54) is 32.1 Å². The van der Waals surface area contributed by atoms with E-state index < -0.39 is 0 Å². The second-order valence-corrected chi connectivity index (χ2v) is 3.37. The third-order valence-corrected chi connectivity index (χ3v) is 2.49. The number of hydrogen-bond donors (Lipinski definition) is 0. The van der Waals surface area contributed by atoms with Gasteiger partial charge >= 0.3 is 0 Å². The highest BCUT2D eigenvalue weighted by molar-refractivity contribution is 4.97. The topological polar surface area (TPSA) is 12.5 Å². The van der Waals surface area contributed by atoms with Crippen LogP contribution in [0.2, 0.25) is 0 Å². The summed E-state index contributed by atoms with van der Waals surface area (Å²) < 4.78 is 5.44. The second kappa shape index (κ2) is 2.39. The number of hydrogen-bond acceptors (Lipinski definition) is 1. The molecule has 0 bridgehead atoms. The van der Waals surface area contributed by atoms with Crippen LogP contribution in [0.5, 0.6) is 0 Å². The molecule has 1 heterocycles. The van der Waals surface area contributed by atoms with E-state index in [2.05, 4.69) is 12.2 Å². The van der Waals surface area contributed by atoms with Crippen molar-refractivity contribution in [1.82, 2.24) is 0 Å². The molecule has 2 rings (SSSR count). The standard InChI is InChI=1S/C9H14O/c1-2-4-6-9(8-10-9)7-5-3-1/h1-2H,3-8H2. The van der Waals surface area contributed by atoms with E-state index >= 15 is 0 Å². The van der Waals surface area contributed by atoms with Crippen LogP contribution in [0.3, 0.4) is 0 Å². The smallest absolute Gasteiger partial charge is 0.0919 e. The van der Waals surface area contributed by atoms with Crippen LogP contribution in [-0.2, 0) is 4.74 Å². The van der Waals surface area contributed by atoms with Gasteiger partial charge in [0, 0.05) is 0 Å². The molecule has 0 radical (unpaired) electrons. The first-order chi connectivity index (χ1) is 4.91. The molecular formula is C9H14O. The lowest BCUT2D eigenvalue weighted by atomic mass is 9.95. The van der Waals surface area contributed by atoms with Crippen LogP contribution in [0.4, 0.5) is 0 Å². The molecule has 56 valence electrons. The first-order valence-corrected chi connectivity index (χ1v) is 4.20. The third kappa shape index (κ3) is 1.24. The molecule has 1 nitrogen and oxygen atoms in total. The van der Waals surface area contributed by atoms with Gasteiger partial charge in [-0.2, -0.15) is 0 Å². The van der Waals surface area contributed by atoms with Gasteiger partial charge in [0.05, 0.1) is 12.2 Å². The molecule has 10 heavy (non-hydrogen) atoms. The maximum atomic E-state index is 5.44. The Labute approximate surface area is 62.1 Å². The summed E-state index contributed by atoms with van der Waals surface area (Å²) in [5.74, 6) is 0. The highest BCUT2D eigenvalue weighted by Crippen LogP contribution is 2.38. The van der Waals surface area contributed by atoms with Crippen molar-refractivity contribution >= 4 is 0 Å². The van der Waals surface area contributed by atoms with E-state index in [9.17, 15) is 0 Å². The van der Waals surface area contributed by atoms with Crippen LogP contribution in [0.25, 0.3) is 0 Å². The molecule has 1 heteroatoms. The van der Waals surface area contributed by atoms with E-state index in [1.54, 1.807) is 0 Å². The molecule has 0 aromatic carbocycles. The Morgan fingerprint density at radius 1 is 1.10 bits per heavy atom. The Morgan fingerprint density at radius 3 is 2.70 bits per heavy atom. The van der Waals surface area contributed by atoms with Gasteiger partial charge in [0.1, 0.15) is 0 Å².